The maximum absolute atomic E-state index is 13.3. The molecule has 0 atom stereocenters. The van der Waals surface area contributed by atoms with E-state index in [1.54, 1.807) is 6.07 Å². The lowest BCUT2D eigenvalue weighted by Gasteiger charge is -2.26. The minimum Gasteiger partial charge on any atom is -0.343 e. The third kappa shape index (κ3) is 4.83. The minimum absolute atomic E-state index is 0.180. The summed E-state index contributed by atoms with van der Waals surface area (Å²) in [6.45, 7) is 2.76. The molecule has 1 amide bonds. The normalized spacial score (nSPS) is 14.8. The van der Waals surface area contributed by atoms with Crippen LogP contribution in [-0.2, 0) is 11.3 Å². The first-order valence-electron chi connectivity index (χ1n) is 7.37. The van der Waals surface area contributed by atoms with Gasteiger partial charge in [0.05, 0.1) is 11.6 Å². The highest BCUT2D eigenvalue weighted by Gasteiger charge is 2.15. The Bertz CT molecular complexity index is 533. The van der Waals surface area contributed by atoms with Gasteiger partial charge in [-0.25, -0.2) is 4.39 Å². The Kier molecular flexibility index (Phi) is 5.70. The zero-order chi connectivity index (χ0) is 15.1. The number of piperidine rings is 1. The van der Waals surface area contributed by atoms with Crippen molar-refractivity contribution in [1.29, 1.82) is 5.26 Å². The van der Waals surface area contributed by atoms with Crippen LogP contribution in [0.15, 0.2) is 18.2 Å². The molecule has 4 nitrogen and oxygen atoms in total. The maximum Gasteiger partial charge on any atom is 0.223 e. The van der Waals surface area contributed by atoms with Gasteiger partial charge in [-0.1, -0.05) is 0 Å². The topological polar surface area (TPSA) is 56.1 Å². The van der Waals surface area contributed by atoms with E-state index in [4.69, 9.17) is 5.26 Å². The van der Waals surface area contributed by atoms with E-state index in [0.29, 0.717) is 25.1 Å². The molecule has 1 N–H and O–H groups in total. The van der Waals surface area contributed by atoms with Crippen molar-refractivity contribution in [2.45, 2.75) is 32.2 Å². The summed E-state index contributed by atoms with van der Waals surface area (Å²) in [5, 5.41) is 11.9. The van der Waals surface area contributed by atoms with Crippen molar-refractivity contribution in [3.05, 3.63) is 35.1 Å². The fourth-order valence-corrected chi connectivity index (χ4v) is 2.55. The predicted molar refractivity (Wildman–Crippen MR) is 77.9 cm³/mol. The third-order valence-corrected chi connectivity index (χ3v) is 3.64. The van der Waals surface area contributed by atoms with E-state index in [1.807, 2.05) is 11.0 Å². The van der Waals surface area contributed by atoms with Crippen LogP contribution in [0.3, 0.4) is 0 Å². The number of hydrogen-bond acceptors (Lipinski definition) is 3. The van der Waals surface area contributed by atoms with Gasteiger partial charge in [-0.2, -0.15) is 5.26 Å². The highest BCUT2D eigenvalue weighted by atomic mass is 19.1. The van der Waals surface area contributed by atoms with Crippen molar-refractivity contribution in [2.75, 3.05) is 19.6 Å². The third-order valence-electron chi connectivity index (χ3n) is 3.64. The first-order chi connectivity index (χ1) is 10.2. The predicted octanol–water partition coefficient (Wildman–Crippen LogP) is 2.19. The van der Waals surface area contributed by atoms with Crippen LogP contribution >= 0.6 is 0 Å². The second kappa shape index (κ2) is 7.75. The number of hydrogen-bond donors (Lipinski definition) is 1. The number of nitrogens with zero attached hydrogens (tertiary/aromatic N) is 2. The highest BCUT2D eigenvalue weighted by molar-refractivity contribution is 5.76. The number of carbonyl (C=O) groups excluding carboxylic acids is 1. The zero-order valence-corrected chi connectivity index (χ0v) is 12.1. The van der Waals surface area contributed by atoms with E-state index in [2.05, 4.69) is 5.32 Å². The average molecular weight is 289 g/mol. The van der Waals surface area contributed by atoms with Crippen LogP contribution in [0.25, 0.3) is 0 Å². The molecule has 1 aliphatic rings. The number of benzene rings is 1. The van der Waals surface area contributed by atoms with Crippen LogP contribution in [0.1, 0.15) is 36.8 Å². The molecule has 1 aromatic carbocycles. The maximum atomic E-state index is 13.3. The molecule has 0 unspecified atom stereocenters. The molecular weight excluding hydrogens is 269 g/mol. The number of likely N-dealkylation sites (tertiary alicyclic amines) is 1. The molecule has 0 saturated carbocycles. The molecule has 0 bridgehead atoms. The van der Waals surface area contributed by atoms with E-state index in [1.165, 1.54) is 18.6 Å². The number of carbonyl (C=O) groups is 1. The molecule has 2 rings (SSSR count). The fourth-order valence-electron chi connectivity index (χ4n) is 2.55. The Morgan fingerprint density at radius 3 is 2.76 bits per heavy atom. The minimum atomic E-state index is -0.407. The molecule has 1 fully saturated rings. The van der Waals surface area contributed by atoms with Crippen LogP contribution in [0.4, 0.5) is 4.39 Å². The van der Waals surface area contributed by atoms with Gasteiger partial charge in [-0.15, -0.1) is 0 Å². The van der Waals surface area contributed by atoms with E-state index in [9.17, 15) is 9.18 Å². The lowest BCUT2D eigenvalue weighted by Crippen LogP contribution is -2.37. The van der Waals surface area contributed by atoms with Crippen molar-refractivity contribution in [1.82, 2.24) is 10.2 Å². The van der Waals surface area contributed by atoms with Gasteiger partial charge in [0.25, 0.3) is 0 Å². The summed E-state index contributed by atoms with van der Waals surface area (Å²) < 4.78 is 13.3. The van der Waals surface area contributed by atoms with E-state index >= 15 is 0 Å². The van der Waals surface area contributed by atoms with Crippen LogP contribution in [0, 0.1) is 17.1 Å². The summed E-state index contributed by atoms with van der Waals surface area (Å²) in [6.07, 6.45) is 3.86. The van der Waals surface area contributed by atoms with Crippen molar-refractivity contribution in [3.8, 4) is 6.07 Å². The van der Waals surface area contributed by atoms with Crippen LogP contribution in [0.2, 0.25) is 0 Å². The molecule has 1 heterocycles. The molecule has 0 spiro atoms. The molecule has 112 valence electrons. The molecule has 0 aliphatic carbocycles. The SMILES string of the molecule is N#Cc1cc(F)cc(CNCCC(=O)N2CCCCC2)c1. The van der Waals surface area contributed by atoms with E-state index in [0.717, 1.165) is 31.5 Å². The van der Waals surface area contributed by atoms with E-state index < -0.39 is 5.82 Å². The molecule has 1 aliphatic heterocycles. The van der Waals surface area contributed by atoms with Crippen molar-refractivity contribution in [3.63, 3.8) is 0 Å². The summed E-state index contributed by atoms with van der Waals surface area (Å²) in [5.41, 5.74) is 1.04. The average Bonchev–Trinajstić information content (AvgIpc) is 2.51. The van der Waals surface area contributed by atoms with Gasteiger partial charge in [0.1, 0.15) is 5.82 Å². The van der Waals surface area contributed by atoms with Crippen LogP contribution < -0.4 is 5.32 Å². The first-order valence-corrected chi connectivity index (χ1v) is 7.37. The molecule has 0 radical (unpaired) electrons. The van der Waals surface area contributed by atoms with Gasteiger partial charge < -0.3 is 10.2 Å². The quantitative estimate of drug-likeness (QED) is 0.845. The molecular formula is C16H20FN3O. The van der Waals surface area contributed by atoms with Gasteiger partial charge in [0, 0.05) is 32.6 Å². The summed E-state index contributed by atoms with van der Waals surface area (Å²) in [4.78, 5) is 13.9. The smallest absolute Gasteiger partial charge is 0.223 e. The number of nitriles is 1. The number of amides is 1. The molecule has 5 heteroatoms. The van der Waals surface area contributed by atoms with Crippen LogP contribution in [-0.4, -0.2) is 30.4 Å². The van der Waals surface area contributed by atoms with Crippen LogP contribution in [0.5, 0.6) is 0 Å². The van der Waals surface area contributed by atoms with Gasteiger partial charge in [0.15, 0.2) is 0 Å². The van der Waals surface area contributed by atoms with Gasteiger partial charge in [-0.3, -0.25) is 4.79 Å². The molecule has 0 aromatic heterocycles. The molecule has 1 saturated heterocycles. The summed E-state index contributed by atoms with van der Waals surface area (Å²) in [5.74, 6) is -0.227. The highest BCUT2D eigenvalue weighted by Crippen LogP contribution is 2.10. The second-order valence-electron chi connectivity index (χ2n) is 5.33. The Hall–Kier alpha value is -1.93. The summed E-state index contributed by atoms with van der Waals surface area (Å²) in [7, 11) is 0. The standard InChI is InChI=1S/C16H20FN3O/c17-15-9-13(11-18)8-14(10-15)12-19-5-4-16(21)20-6-2-1-3-7-20/h8-10,19H,1-7,12H2. The number of rotatable bonds is 5. The van der Waals surface area contributed by atoms with E-state index in [-0.39, 0.29) is 5.91 Å². The largest absolute Gasteiger partial charge is 0.343 e. The van der Waals surface area contributed by atoms with Crippen molar-refractivity contribution in [2.24, 2.45) is 0 Å². The van der Waals surface area contributed by atoms with Crippen molar-refractivity contribution < 1.29 is 9.18 Å². The van der Waals surface area contributed by atoms with Gasteiger partial charge in [-0.05, 0) is 43.0 Å². The summed E-state index contributed by atoms with van der Waals surface area (Å²) >= 11 is 0. The number of halogens is 1. The van der Waals surface area contributed by atoms with Crippen molar-refractivity contribution >= 4 is 5.91 Å². The summed E-state index contributed by atoms with van der Waals surface area (Å²) in [6, 6.07) is 6.20. The number of nitrogens with one attached hydrogen (secondary N) is 1. The zero-order valence-electron chi connectivity index (χ0n) is 12.1. The Labute approximate surface area is 124 Å². The fraction of sp³-hybridized carbons (Fsp3) is 0.500. The lowest BCUT2D eigenvalue weighted by atomic mass is 10.1. The lowest BCUT2D eigenvalue weighted by molar-refractivity contribution is -0.131. The molecule has 21 heavy (non-hydrogen) atoms. The second-order valence-corrected chi connectivity index (χ2v) is 5.33. The Balaban J connectivity index is 1.73. The van der Waals surface area contributed by atoms with Gasteiger partial charge in [0.2, 0.25) is 5.91 Å². The Morgan fingerprint density at radius 1 is 1.29 bits per heavy atom. The monoisotopic (exact) mass is 289 g/mol. The first kappa shape index (κ1) is 15.5. The molecule has 1 aromatic rings. The Morgan fingerprint density at radius 2 is 2.05 bits per heavy atom. The van der Waals surface area contributed by atoms with Gasteiger partial charge >= 0.3 is 0 Å².